The fourth-order valence-electron chi connectivity index (χ4n) is 5.98. The summed E-state index contributed by atoms with van der Waals surface area (Å²) in [6, 6.07) is 15.7. The first kappa shape index (κ1) is 38.0. The summed E-state index contributed by atoms with van der Waals surface area (Å²) in [7, 11) is 3.28. The third kappa shape index (κ3) is 9.98. The van der Waals surface area contributed by atoms with Gasteiger partial charge in [0.1, 0.15) is 11.5 Å². The molecule has 3 aromatic carbocycles. The monoisotopic (exact) mass is 719 g/mol. The zero-order valence-electron chi connectivity index (χ0n) is 30.3. The van der Waals surface area contributed by atoms with Gasteiger partial charge in [-0.15, -0.1) is 0 Å². The molecule has 0 saturated heterocycles. The lowest BCUT2D eigenvalue weighted by atomic mass is 10.0. The number of methoxy groups -OCH3 is 1. The number of urea groups is 2. The highest BCUT2D eigenvalue weighted by Crippen LogP contribution is 2.34. The number of benzene rings is 3. The van der Waals surface area contributed by atoms with Gasteiger partial charge in [0, 0.05) is 55.8 Å². The SMILES string of the molecule is COc1ccc(NC(=O)N(C)C[C@H]2OCCCC[C@@H](C)Oc3ccc(NC(=O)Nc4ccc5c(c4)OCO5)cc3C(=O)N([C@H](C)CO)C[C@H]2C)cc1. The number of fused-ring (bicyclic) bond motifs is 2. The van der Waals surface area contributed by atoms with Crippen LogP contribution in [0, 0.1) is 5.92 Å². The first-order valence-electron chi connectivity index (χ1n) is 17.5. The van der Waals surface area contributed by atoms with Crippen molar-refractivity contribution in [2.75, 3.05) is 63.2 Å². The number of likely N-dealkylation sites (N-methyl/N-ethyl adjacent to an activating group) is 1. The minimum Gasteiger partial charge on any atom is -0.497 e. The topological polar surface area (TPSA) is 160 Å². The molecule has 2 aliphatic heterocycles. The summed E-state index contributed by atoms with van der Waals surface area (Å²) < 4.78 is 28.6. The van der Waals surface area contributed by atoms with E-state index in [0.717, 1.165) is 19.3 Å². The molecule has 5 rings (SSSR count). The Balaban J connectivity index is 1.34. The second kappa shape index (κ2) is 17.8. The summed E-state index contributed by atoms with van der Waals surface area (Å²) in [5.74, 6) is 1.57. The van der Waals surface area contributed by atoms with Crippen LogP contribution in [0.5, 0.6) is 23.0 Å². The first-order valence-corrected chi connectivity index (χ1v) is 17.5. The number of carbonyl (C=O) groups is 3. The predicted molar refractivity (Wildman–Crippen MR) is 197 cm³/mol. The van der Waals surface area contributed by atoms with Gasteiger partial charge in [-0.05, 0) is 87.7 Å². The number of hydrogen-bond donors (Lipinski definition) is 4. The van der Waals surface area contributed by atoms with Crippen molar-refractivity contribution < 1.29 is 43.2 Å². The Labute approximate surface area is 304 Å². The van der Waals surface area contributed by atoms with Crippen molar-refractivity contribution in [3.63, 3.8) is 0 Å². The van der Waals surface area contributed by atoms with E-state index in [1.807, 2.05) is 13.8 Å². The van der Waals surface area contributed by atoms with Crippen molar-refractivity contribution in [1.29, 1.82) is 0 Å². The molecule has 5 amide bonds. The molecular weight excluding hydrogens is 670 g/mol. The molecule has 0 aromatic heterocycles. The first-order chi connectivity index (χ1) is 25.0. The third-order valence-electron chi connectivity index (χ3n) is 9.08. The number of aliphatic hydroxyl groups is 1. The lowest BCUT2D eigenvalue weighted by Crippen LogP contribution is -2.48. The van der Waals surface area contributed by atoms with Crippen LogP contribution in [-0.4, -0.2) is 98.4 Å². The average molecular weight is 720 g/mol. The van der Waals surface area contributed by atoms with Gasteiger partial charge in [-0.25, -0.2) is 9.59 Å². The molecule has 0 spiro atoms. The molecule has 0 bridgehead atoms. The molecule has 2 heterocycles. The smallest absolute Gasteiger partial charge is 0.323 e. The van der Waals surface area contributed by atoms with E-state index < -0.39 is 18.2 Å². The van der Waals surface area contributed by atoms with Gasteiger partial charge in [-0.2, -0.15) is 0 Å². The van der Waals surface area contributed by atoms with Gasteiger partial charge in [0.25, 0.3) is 5.91 Å². The summed E-state index contributed by atoms with van der Waals surface area (Å²) in [5.41, 5.74) is 1.75. The zero-order chi connectivity index (χ0) is 37.2. The number of amides is 5. The Morgan fingerprint density at radius 3 is 2.33 bits per heavy atom. The number of anilines is 3. The van der Waals surface area contributed by atoms with Crippen LogP contribution in [0.2, 0.25) is 0 Å². The van der Waals surface area contributed by atoms with E-state index in [1.54, 1.807) is 91.5 Å². The molecule has 4 atom stereocenters. The summed E-state index contributed by atoms with van der Waals surface area (Å²) in [6.07, 6.45) is 1.69. The highest BCUT2D eigenvalue weighted by molar-refractivity contribution is 6.02. The van der Waals surface area contributed by atoms with Crippen LogP contribution in [-0.2, 0) is 4.74 Å². The largest absolute Gasteiger partial charge is 0.497 e. The second-order valence-electron chi connectivity index (χ2n) is 13.2. The molecule has 0 fully saturated rings. The quantitative estimate of drug-likeness (QED) is 0.218. The molecule has 14 heteroatoms. The Morgan fingerprint density at radius 2 is 1.62 bits per heavy atom. The molecule has 0 unspecified atom stereocenters. The lowest BCUT2D eigenvalue weighted by molar-refractivity contribution is -0.0115. The second-order valence-corrected chi connectivity index (χ2v) is 13.2. The maximum Gasteiger partial charge on any atom is 0.323 e. The van der Waals surface area contributed by atoms with E-state index in [4.69, 9.17) is 23.7 Å². The maximum absolute atomic E-state index is 14.4. The average Bonchev–Trinajstić information content (AvgIpc) is 3.61. The number of nitrogens with zero attached hydrogens (tertiary/aromatic N) is 2. The zero-order valence-corrected chi connectivity index (χ0v) is 30.3. The standard InChI is InChI=1S/C38H49N5O9/c1-24-20-43(25(2)22-44)36(45)31-18-28(39-37(46)40-29-12-16-33-34(19-29)51-23-50-33)11-15-32(31)52-26(3)8-6-7-17-49-35(24)21-42(4)38(47)41-27-9-13-30(48-5)14-10-27/h9-16,18-19,24-26,35,44H,6-8,17,20-23H2,1-5H3,(H,41,47)(H2,39,40,46)/t24-,25-,26-,35-/m1/s1. The van der Waals surface area contributed by atoms with E-state index in [9.17, 15) is 19.5 Å². The Bertz CT molecular complexity index is 1690. The van der Waals surface area contributed by atoms with E-state index >= 15 is 0 Å². The molecular formula is C38H49N5O9. The van der Waals surface area contributed by atoms with Gasteiger partial charge in [0.2, 0.25) is 6.79 Å². The number of ether oxygens (including phenoxy) is 5. The molecule has 2 aliphatic rings. The van der Waals surface area contributed by atoms with Crippen molar-refractivity contribution >= 4 is 35.0 Å². The molecule has 52 heavy (non-hydrogen) atoms. The highest BCUT2D eigenvalue weighted by atomic mass is 16.7. The van der Waals surface area contributed by atoms with Crippen molar-refractivity contribution in [3.8, 4) is 23.0 Å². The minimum atomic E-state index is -0.559. The van der Waals surface area contributed by atoms with Gasteiger partial charge in [-0.1, -0.05) is 6.92 Å². The molecule has 3 aromatic rings. The Hall–Kier alpha value is -5.21. The fourth-order valence-corrected chi connectivity index (χ4v) is 5.98. The van der Waals surface area contributed by atoms with Crippen molar-refractivity contribution in [3.05, 3.63) is 66.2 Å². The van der Waals surface area contributed by atoms with Crippen LogP contribution >= 0.6 is 0 Å². The van der Waals surface area contributed by atoms with Crippen LogP contribution in [0.3, 0.4) is 0 Å². The third-order valence-corrected chi connectivity index (χ3v) is 9.08. The van der Waals surface area contributed by atoms with Gasteiger partial charge in [0.15, 0.2) is 11.5 Å². The van der Waals surface area contributed by atoms with E-state index in [-0.39, 0.29) is 56.0 Å². The molecule has 4 N–H and O–H groups in total. The number of nitrogens with one attached hydrogen (secondary N) is 3. The van der Waals surface area contributed by atoms with Crippen LogP contribution in [0.15, 0.2) is 60.7 Å². The summed E-state index contributed by atoms with van der Waals surface area (Å²) in [5, 5.41) is 18.8. The van der Waals surface area contributed by atoms with Crippen LogP contribution in [0.4, 0.5) is 26.7 Å². The number of aliphatic hydroxyl groups excluding tert-OH is 1. The highest BCUT2D eigenvalue weighted by Gasteiger charge is 2.31. The van der Waals surface area contributed by atoms with Crippen LogP contribution in [0.25, 0.3) is 0 Å². The fraction of sp³-hybridized carbons (Fsp3) is 0.447. The van der Waals surface area contributed by atoms with E-state index in [2.05, 4.69) is 16.0 Å². The summed E-state index contributed by atoms with van der Waals surface area (Å²) >= 11 is 0. The number of hydrogen-bond acceptors (Lipinski definition) is 9. The molecule has 0 saturated carbocycles. The van der Waals surface area contributed by atoms with Crippen molar-refractivity contribution in [2.24, 2.45) is 5.92 Å². The summed E-state index contributed by atoms with van der Waals surface area (Å²) in [4.78, 5) is 43.8. The Kier molecular flexibility index (Phi) is 13.0. The van der Waals surface area contributed by atoms with Gasteiger partial charge in [0.05, 0.1) is 37.5 Å². The molecule has 0 radical (unpaired) electrons. The van der Waals surface area contributed by atoms with Gasteiger partial charge >= 0.3 is 12.1 Å². The molecule has 0 aliphatic carbocycles. The maximum atomic E-state index is 14.4. The molecule has 280 valence electrons. The Morgan fingerprint density at radius 1 is 0.942 bits per heavy atom. The van der Waals surface area contributed by atoms with Crippen LogP contribution < -0.4 is 34.9 Å². The van der Waals surface area contributed by atoms with E-state index in [0.29, 0.717) is 46.7 Å². The van der Waals surface area contributed by atoms with Gasteiger partial charge in [-0.3, -0.25) is 4.79 Å². The minimum absolute atomic E-state index is 0.118. The lowest BCUT2D eigenvalue weighted by Gasteiger charge is -2.35. The number of carbonyl (C=O) groups excluding carboxylic acids is 3. The number of rotatable bonds is 8. The van der Waals surface area contributed by atoms with Crippen LogP contribution in [0.1, 0.15) is 50.4 Å². The summed E-state index contributed by atoms with van der Waals surface area (Å²) in [6.45, 7) is 6.47. The van der Waals surface area contributed by atoms with Crippen molar-refractivity contribution in [2.45, 2.75) is 58.3 Å². The van der Waals surface area contributed by atoms with Gasteiger partial charge < -0.3 is 54.5 Å². The van der Waals surface area contributed by atoms with Crippen molar-refractivity contribution in [1.82, 2.24) is 9.80 Å². The predicted octanol–water partition coefficient (Wildman–Crippen LogP) is 6.03. The van der Waals surface area contributed by atoms with E-state index in [1.165, 1.54) is 0 Å². The normalized spacial score (nSPS) is 19.7. The molecule has 14 nitrogen and oxygen atoms in total.